The molecule has 8 heteroatoms. The normalized spacial score (nSPS) is 9.89. The van der Waals surface area contributed by atoms with Gasteiger partial charge in [-0.1, -0.05) is 0 Å². The van der Waals surface area contributed by atoms with E-state index in [0.29, 0.717) is 11.5 Å². The summed E-state index contributed by atoms with van der Waals surface area (Å²) in [6.07, 6.45) is 1.55. The average Bonchev–Trinajstić information content (AvgIpc) is 2.82. The van der Waals surface area contributed by atoms with E-state index in [1.54, 1.807) is 18.1 Å². The molecule has 0 atom stereocenters. The largest absolute Gasteiger partial charge is 0.372 e. The molecular weight excluding hydrogens is 248 g/mol. The number of nitro benzene ring substituents is 1. The Morgan fingerprint density at radius 1 is 1.58 bits per heavy atom. The van der Waals surface area contributed by atoms with Gasteiger partial charge in [0.1, 0.15) is 12.0 Å². The van der Waals surface area contributed by atoms with Crippen molar-refractivity contribution in [2.24, 2.45) is 7.05 Å². The van der Waals surface area contributed by atoms with Crippen LogP contribution in [0.15, 0.2) is 24.5 Å². The monoisotopic (exact) mass is 258 g/mol. The van der Waals surface area contributed by atoms with Gasteiger partial charge in [-0.25, -0.2) is 4.98 Å². The highest BCUT2D eigenvalue weighted by Gasteiger charge is 2.14. The first-order valence-corrected chi connectivity index (χ1v) is 5.37. The maximum atomic E-state index is 10.9. The molecule has 1 N–H and O–H groups in total. The van der Waals surface area contributed by atoms with Crippen LogP contribution in [-0.2, 0) is 13.6 Å². The lowest BCUT2D eigenvalue weighted by atomic mass is 10.2. The molecule has 0 bridgehead atoms. The van der Waals surface area contributed by atoms with Crippen molar-refractivity contribution in [1.82, 2.24) is 14.8 Å². The lowest BCUT2D eigenvalue weighted by Crippen LogP contribution is -2.05. The van der Waals surface area contributed by atoms with Crippen molar-refractivity contribution < 1.29 is 4.92 Å². The Morgan fingerprint density at radius 3 is 2.95 bits per heavy atom. The van der Waals surface area contributed by atoms with E-state index >= 15 is 0 Å². The van der Waals surface area contributed by atoms with Gasteiger partial charge in [0.25, 0.3) is 5.69 Å². The third kappa shape index (κ3) is 2.84. The van der Waals surface area contributed by atoms with Crippen LogP contribution >= 0.6 is 0 Å². The van der Waals surface area contributed by atoms with Crippen LogP contribution in [-0.4, -0.2) is 19.7 Å². The first-order valence-electron chi connectivity index (χ1n) is 5.37. The highest BCUT2D eigenvalue weighted by atomic mass is 16.6. The number of nitrogens with one attached hydrogen (secondary N) is 1. The summed E-state index contributed by atoms with van der Waals surface area (Å²) in [4.78, 5) is 14.4. The molecule has 0 radical (unpaired) electrons. The number of anilines is 1. The Kier molecular flexibility index (Phi) is 3.38. The Morgan fingerprint density at radius 2 is 2.37 bits per heavy atom. The summed E-state index contributed by atoms with van der Waals surface area (Å²) >= 11 is 0. The van der Waals surface area contributed by atoms with E-state index < -0.39 is 4.92 Å². The van der Waals surface area contributed by atoms with Gasteiger partial charge in [0.15, 0.2) is 5.82 Å². The molecule has 0 fully saturated rings. The Balaban J connectivity index is 2.20. The summed E-state index contributed by atoms with van der Waals surface area (Å²) < 4.78 is 1.55. The Hall–Kier alpha value is -2.95. The molecule has 1 aromatic heterocycles. The molecular formula is C11H10N6O2. The van der Waals surface area contributed by atoms with E-state index in [-0.39, 0.29) is 17.8 Å². The number of aryl methyl sites for hydroxylation is 1. The molecule has 0 spiro atoms. The second-order valence-electron chi connectivity index (χ2n) is 3.79. The maximum absolute atomic E-state index is 10.9. The first kappa shape index (κ1) is 12.5. The zero-order valence-corrected chi connectivity index (χ0v) is 10.1. The van der Waals surface area contributed by atoms with Gasteiger partial charge in [-0.3, -0.25) is 14.8 Å². The maximum Gasteiger partial charge on any atom is 0.293 e. The molecule has 0 aliphatic rings. The molecule has 2 rings (SSSR count). The summed E-state index contributed by atoms with van der Waals surface area (Å²) in [6, 6.07) is 6.11. The van der Waals surface area contributed by atoms with E-state index in [2.05, 4.69) is 15.4 Å². The highest BCUT2D eigenvalue weighted by Crippen LogP contribution is 2.25. The van der Waals surface area contributed by atoms with Crippen molar-refractivity contribution in [3.05, 3.63) is 46.0 Å². The fourth-order valence-electron chi connectivity index (χ4n) is 1.54. The Bertz CT molecular complexity index is 657. The highest BCUT2D eigenvalue weighted by molar-refractivity contribution is 5.63. The number of nitriles is 1. The molecule has 19 heavy (non-hydrogen) atoms. The molecule has 0 aliphatic carbocycles. The van der Waals surface area contributed by atoms with Crippen LogP contribution in [0.3, 0.4) is 0 Å². The van der Waals surface area contributed by atoms with Crippen LogP contribution in [0.25, 0.3) is 0 Å². The molecule has 0 saturated heterocycles. The van der Waals surface area contributed by atoms with Crippen LogP contribution in [0.2, 0.25) is 0 Å². The summed E-state index contributed by atoms with van der Waals surface area (Å²) in [5.41, 5.74) is 0.430. The van der Waals surface area contributed by atoms with Crippen molar-refractivity contribution in [1.29, 1.82) is 5.26 Å². The molecule has 2 aromatic rings. The average molecular weight is 258 g/mol. The first-order chi connectivity index (χ1) is 9.10. The SMILES string of the molecule is Cn1cnc(CNc2ccc(C#N)cc2[N+](=O)[O-])n1. The lowest BCUT2D eigenvalue weighted by Gasteiger charge is -2.04. The number of nitrogens with zero attached hydrogens (tertiary/aromatic N) is 5. The van der Waals surface area contributed by atoms with Crippen molar-refractivity contribution in [3.8, 4) is 6.07 Å². The van der Waals surface area contributed by atoms with E-state index in [4.69, 9.17) is 5.26 Å². The van der Waals surface area contributed by atoms with Gasteiger partial charge < -0.3 is 5.32 Å². The predicted octanol–water partition coefficient (Wildman–Crippen LogP) is 1.21. The third-order valence-corrected chi connectivity index (χ3v) is 2.41. The third-order valence-electron chi connectivity index (χ3n) is 2.41. The molecule has 1 heterocycles. The minimum Gasteiger partial charge on any atom is -0.372 e. The van der Waals surface area contributed by atoms with Gasteiger partial charge >= 0.3 is 0 Å². The Labute approximate surface area is 108 Å². The quantitative estimate of drug-likeness (QED) is 0.651. The van der Waals surface area contributed by atoms with E-state index in [0.717, 1.165) is 0 Å². The standard InChI is InChI=1S/C11H10N6O2/c1-16-7-14-11(15-16)6-13-9-3-2-8(5-12)4-10(9)17(18)19/h2-4,7,13H,6H2,1H3. The zero-order valence-electron chi connectivity index (χ0n) is 10.1. The summed E-state index contributed by atoms with van der Waals surface area (Å²) in [7, 11) is 1.74. The van der Waals surface area contributed by atoms with Crippen LogP contribution in [0, 0.1) is 21.4 Å². The topological polar surface area (TPSA) is 110 Å². The number of rotatable bonds is 4. The smallest absolute Gasteiger partial charge is 0.293 e. The van der Waals surface area contributed by atoms with Gasteiger partial charge in [-0.2, -0.15) is 10.4 Å². The second-order valence-corrected chi connectivity index (χ2v) is 3.79. The molecule has 1 aromatic carbocycles. The van der Waals surface area contributed by atoms with Gasteiger partial charge in [-0.05, 0) is 12.1 Å². The number of hydrogen-bond acceptors (Lipinski definition) is 6. The fourth-order valence-corrected chi connectivity index (χ4v) is 1.54. The summed E-state index contributed by atoms with van der Waals surface area (Å²) in [5, 5.41) is 26.6. The van der Waals surface area contributed by atoms with E-state index in [9.17, 15) is 10.1 Å². The molecule has 0 saturated carbocycles. The van der Waals surface area contributed by atoms with E-state index in [1.807, 2.05) is 6.07 Å². The van der Waals surface area contributed by atoms with Crippen molar-refractivity contribution in [2.75, 3.05) is 5.32 Å². The number of benzene rings is 1. The minimum atomic E-state index is -0.533. The minimum absolute atomic E-state index is 0.144. The summed E-state index contributed by atoms with van der Waals surface area (Å²) in [6.45, 7) is 0.271. The molecule has 0 amide bonds. The predicted molar refractivity (Wildman–Crippen MR) is 66.1 cm³/mol. The van der Waals surface area contributed by atoms with Gasteiger partial charge in [0.05, 0.1) is 23.1 Å². The van der Waals surface area contributed by atoms with E-state index in [1.165, 1.54) is 18.2 Å². The van der Waals surface area contributed by atoms with Crippen molar-refractivity contribution in [3.63, 3.8) is 0 Å². The fraction of sp³-hybridized carbons (Fsp3) is 0.182. The number of aromatic nitrogens is 3. The zero-order chi connectivity index (χ0) is 13.8. The summed E-state index contributed by atoms with van der Waals surface area (Å²) in [5.74, 6) is 0.529. The van der Waals surface area contributed by atoms with Crippen LogP contribution in [0.4, 0.5) is 11.4 Å². The van der Waals surface area contributed by atoms with Gasteiger partial charge in [0, 0.05) is 13.1 Å². The second kappa shape index (κ2) is 5.14. The molecule has 0 unspecified atom stereocenters. The molecule has 0 aliphatic heterocycles. The number of nitro groups is 1. The van der Waals surface area contributed by atoms with Gasteiger partial charge in [-0.15, -0.1) is 0 Å². The van der Waals surface area contributed by atoms with Crippen molar-refractivity contribution >= 4 is 11.4 Å². The lowest BCUT2D eigenvalue weighted by molar-refractivity contribution is -0.384. The van der Waals surface area contributed by atoms with Crippen molar-refractivity contribution in [2.45, 2.75) is 6.54 Å². The molecule has 96 valence electrons. The van der Waals surface area contributed by atoms with Crippen LogP contribution in [0.5, 0.6) is 0 Å². The van der Waals surface area contributed by atoms with Crippen LogP contribution in [0.1, 0.15) is 11.4 Å². The molecule has 8 nitrogen and oxygen atoms in total. The van der Waals surface area contributed by atoms with Crippen LogP contribution < -0.4 is 5.32 Å². The van der Waals surface area contributed by atoms with Gasteiger partial charge in [0.2, 0.25) is 0 Å². The number of hydrogen-bond donors (Lipinski definition) is 1.